The molecule has 0 atom stereocenters. The summed E-state index contributed by atoms with van der Waals surface area (Å²) >= 11 is 6.04. The summed E-state index contributed by atoms with van der Waals surface area (Å²) in [5.74, 6) is -1.29. The first kappa shape index (κ1) is 14.9. The zero-order valence-corrected chi connectivity index (χ0v) is 12.1. The molecular formula is C13H13ClN4O3. The maximum Gasteiger partial charge on any atom is 0.335 e. The molecule has 1 amide bonds. The molecule has 1 aromatic carbocycles. The van der Waals surface area contributed by atoms with Crippen molar-refractivity contribution in [2.24, 2.45) is 12.8 Å². The minimum Gasteiger partial charge on any atom is -0.478 e. The number of carboxylic acids is 1. The summed E-state index contributed by atoms with van der Waals surface area (Å²) in [6.45, 7) is 1.67. The van der Waals surface area contributed by atoms with Crippen molar-refractivity contribution in [3.05, 3.63) is 40.0 Å². The van der Waals surface area contributed by atoms with Crippen molar-refractivity contribution in [3.8, 4) is 0 Å². The molecule has 1 aromatic heterocycles. The van der Waals surface area contributed by atoms with Gasteiger partial charge >= 0.3 is 5.97 Å². The van der Waals surface area contributed by atoms with Gasteiger partial charge in [-0.1, -0.05) is 11.6 Å². The molecule has 0 saturated carbocycles. The highest BCUT2D eigenvalue weighted by Gasteiger charge is 2.19. The second-order valence-electron chi connectivity index (χ2n) is 4.42. The molecule has 0 saturated heterocycles. The van der Waals surface area contributed by atoms with E-state index in [1.807, 2.05) is 0 Å². The van der Waals surface area contributed by atoms with E-state index >= 15 is 0 Å². The van der Waals surface area contributed by atoms with Gasteiger partial charge in [-0.2, -0.15) is 5.10 Å². The lowest BCUT2D eigenvalue weighted by Crippen LogP contribution is -2.14. The van der Waals surface area contributed by atoms with Crippen LogP contribution in [0.4, 0.5) is 11.5 Å². The van der Waals surface area contributed by atoms with Gasteiger partial charge in [0.2, 0.25) is 0 Å². The van der Waals surface area contributed by atoms with Crippen LogP contribution in [0, 0.1) is 6.92 Å². The molecule has 1 heterocycles. The fourth-order valence-corrected chi connectivity index (χ4v) is 2.20. The van der Waals surface area contributed by atoms with Gasteiger partial charge in [-0.05, 0) is 25.1 Å². The van der Waals surface area contributed by atoms with Crippen LogP contribution < -0.4 is 11.1 Å². The zero-order chi connectivity index (χ0) is 15.7. The third-order valence-electron chi connectivity index (χ3n) is 2.94. The van der Waals surface area contributed by atoms with Gasteiger partial charge in [0.05, 0.1) is 22.0 Å². The van der Waals surface area contributed by atoms with E-state index in [2.05, 4.69) is 10.4 Å². The number of aryl methyl sites for hydroxylation is 2. The Labute approximate surface area is 125 Å². The van der Waals surface area contributed by atoms with Crippen LogP contribution in [0.3, 0.4) is 0 Å². The minimum atomic E-state index is -1.07. The predicted molar refractivity (Wildman–Crippen MR) is 78.2 cm³/mol. The first-order valence-electron chi connectivity index (χ1n) is 5.94. The summed E-state index contributed by atoms with van der Waals surface area (Å²) in [6.07, 6.45) is 0. The first-order chi connectivity index (χ1) is 9.81. The van der Waals surface area contributed by atoms with Crippen LogP contribution in [0.1, 0.15) is 26.4 Å². The minimum absolute atomic E-state index is 0.0712. The molecule has 8 heteroatoms. The number of hydrogen-bond donors (Lipinski definition) is 3. The molecule has 0 unspecified atom stereocenters. The quantitative estimate of drug-likeness (QED) is 0.799. The highest BCUT2D eigenvalue weighted by molar-refractivity contribution is 6.33. The molecule has 0 aliphatic rings. The Balaban J connectivity index is 2.44. The number of carbonyl (C=O) groups is 2. The molecule has 0 aliphatic heterocycles. The van der Waals surface area contributed by atoms with E-state index in [4.69, 9.17) is 22.4 Å². The van der Waals surface area contributed by atoms with Crippen molar-refractivity contribution in [2.75, 3.05) is 5.32 Å². The van der Waals surface area contributed by atoms with Gasteiger partial charge in [-0.15, -0.1) is 0 Å². The number of anilines is 2. The Morgan fingerprint density at radius 3 is 2.62 bits per heavy atom. The Morgan fingerprint density at radius 2 is 2.10 bits per heavy atom. The van der Waals surface area contributed by atoms with Crippen molar-refractivity contribution < 1.29 is 14.7 Å². The van der Waals surface area contributed by atoms with E-state index in [-0.39, 0.29) is 16.1 Å². The number of nitrogens with zero attached hydrogens (tertiary/aromatic N) is 2. The smallest absolute Gasteiger partial charge is 0.335 e. The maximum absolute atomic E-state index is 11.5. The van der Waals surface area contributed by atoms with Crippen molar-refractivity contribution in [1.82, 2.24) is 9.78 Å². The van der Waals surface area contributed by atoms with Gasteiger partial charge in [0.25, 0.3) is 5.91 Å². The lowest BCUT2D eigenvalue weighted by atomic mass is 10.2. The maximum atomic E-state index is 11.5. The molecule has 7 nitrogen and oxygen atoms in total. The van der Waals surface area contributed by atoms with Crippen LogP contribution in [-0.4, -0.2) is 26.8 Å². The van der Waals surface area contributed by atoms with Crippen LogP contribution in [0.5, 0.6) is 0 Å². The third-order valence-corrected chi connectivity index (χ3v) is 3.25. The Hall–Kier alpha value is -2.54. The van der Waals surface area contributed by atoms with Gasteiger partial charge in [-0.3, -0.25) is 9.48 Å². The third kappa shape index (κ3) is 2.82. The molecule has 21 heavy (non-hydrogen) atoms. The molecule has 0 bridgehead atoms. The second-order valence-corrected chi connectivity index (χ2v) is 4.83. The number of aromatic carboxylic acids is 1. The fourth-order valence-electron chi connectivity index (χ4n) is 1.97. The number of halogens is 1. The molecule has 2 rings (SSSR count). The van der Waals surface area contributed by atoms with E-state index < -0.39 is 11.9 Å². The summed E-state index contributed by atoms with van der Waals surface area (Å²) in [7, 11) is 1.65. The van der Waals surface area contributed by atoms with E-state index in [9.17, 15) is 9.59 Å². The Bertz CT molecular complexity index is 739. The highest BCUT2D eigenvalue weighted by Crippen LogP contribution is 2.29. The van der Waals surface area contributed by atoms with Gasteiger partial charge in [0, 0.05) is 7.05 Å². The summed E-state index contributed by atoms with van der Waals surface area (Å²) in [5.41, 5.74) is 6.62. The molecule has 0 spiro atoms. The topological polar surface area (TPSA) is 110 Å². The second kappa shape index (κ2) is 5.45. The number of carbonyl (C=O) groups excluding carboxylic acids is 1. The van der Waals surface area contributed by atoms with Crippen molar-refractivity contribution >= 4 is 35.0 Å². The van der Waals surface area contributed by atoms with Crippen LogP contribution in [0.2, 0.25) is 5.02 Å². The first-order valence-corrected chi connectivity index (χ1v) is 6.32. The number of hydrogen-bond acceptors (Lipinski definition) is 4. The predicted octanol–water partition coefficient (Wildman–Crippen LogP) is 1.92. The van der Waals surface area contributed by atoms with Crippen molar-refractivity contribution in [1.29, 1.82) is 0 Å². The van der Waals surface area contributed by atoms with E-state index in [1.165, 1.54) is 22.9 Å². The molecule has 0 radical (unpaired) electrons. The van der Waals surface area contributed by atoms with Gasteiger partial charge in [-0.25, -0.2) is 4.79 Å². The largest absolute Gasteiger partial charge is 0.478 e. The van der Waals surface area contributed by atoms with E-state index in [0.717, 1.165) is 0 Å². The number of primary amides is 1. The summed E-state index contributed by atoms with van der Waals surface area (Å²) < 4.78 is 1.47. The molecule has 0 aliphatic carbocycles. The van der Waals surface area contributed by atoms with Crippen molar-refractivity contribution in [3.63, 3.8) is 0 Å². The van der Waals surface area contributed by atoms with Crippen LogP contribution in [0.25, 0.3) is 0 Å². The average Bonchev–Trinajstić information content (AvgIpc) is 2.66. The Kier molecular flexibility index (Phi) is 3.86. The number of benzene rings is 1. The number of rotatable bonds is 4. The number of nitrogens with one attached hydrogen (secondary N) is 1. The van der Waals surface area contributed by atoms with Crippen LogP contribution in [-0.2, 0) is 7.05 Å². The normalized spacial score (nSPS) is 10.4. The number of aromatic nitrogens is 2. The van der Waals surface area contributed by atoms with Gasteiger partial charge in [0.1, 0.15) is 11.4 Å². The van der Waals surface area contributed by atoms with Crippen LogP contribution in [0.15, 0.2) is 18.2 Å². The summed E-state index contributed by atoms with van der Waals surface area (Å²) in [4.78, 5) is 22.4. The molecule has 2 aromatic rings. The molecule has 4 N–H and O–H groups in total. The fraction of sp³-hybridized carbons (Fsp3) is 0.154. The number of amides is 1. The van der Waals surface area contributed by atoms with E-state index in [1.54, 1.807) is 14.0 Å². The SMILES string of the molecule is Cc1nn(C)c(Nc2ccc(C(=O)O)cc2Cl)c1C(N)=O. The monoisotopic (exact) mass is 308 g/mol. The molecular weight excluding hydrogens is 296 g/mol. The zero-order valence-electron chi connectivity index (χ0n) is 11.3. The number of nitrogens with two attached hydrogens (primary N) is 1. The van der Waals surface area contributed by atoms with Gasteiger partial charge in [0.15, 0.2) is 0 Å². The summed E-state index contributed by atoms with van der Waals surface area (Å²) in [5, 5.41) is 16.2. The lowest BCUT2D eigenvalue weighted by molar-refractivity contribution is 0.0696. The molecule has 110 valence electrons. The summed E-state index contributed by atoms with van der Waals surface area (Å²) in [6, 6.07) is 4.24. The number of carboxylic acid groups (broad SMARTS) is 1. The Morgan fingerprint density at radius 1 is 1.43 bits per heavy atom. The van der Waals surface area contributed by atoms with Gasteiger partial charge < -0.3 is 16.2 Å². The molecule has 0 fully saturated rings. The van der Waals surface area contributed by atoms with Crippen LogP contribution >= 0.6 is 11.6 Å². The lowest BCUT2D eigenvalue weighted by Gasteiger charge is -2.10. The average molecular weight is 309 g/mol. The standard InChI is InChI=1S/C13H13ClN4O3/c1-6-10(11(15)19)12(18(2)17-6)16-9-4-3-7(13(20)21)5-8(9)14/h3-5,16H,1-2H3,(H2,15,19)(H,20,21). The highest BCUT2D eigenvalue weighted by atomic mass is 35.5. The van der Waals surface area contributed by atoms with E-state index in [0.29, 0.717) is 17.2 Å². The van der Waals surface area contributed by atoms with Crippen molar-refractivity contribution in [2.45, 2.75) is 6.92 Å².